The predicted octanol–water partition coefficient (Wildman–Crippen LogP) is 4.47. The summed E-state index contributed by atoms with van der Waals surface area (Å²) in [6.07, 6.45) is 1.81. The first kappa shape index (κ1) is 12.7. The predicted molar refractivity (Wildman–Crippen MR) is 89.9 cm³/mol. The van der Waals surface area contributed by atoms with E-state index in [4.69, 9.17) is 4.74 Å². The number of hydrogen-bond donors (Lipinski definition) is 2. The zero-order chi connectivity index (χ0) is 14.9. The highest BCUT2D eigenvalue weighted by Crippen LogP contribution is 2.32. The molecule has 0 unspecified atom stereocenters. The molecule has 0 amide bonds. The topological polar surface area (TPSA) is 49.9 Å². The molecule has 4 heteroatoms. The number of methoxy groups -OCH3 is 1. The largest absolute Gasteiger partial charge is 0.497 e. The van der Waals surface area contributed by atoms with Crippen molar-refractivity contribution in [1.82, 2.24) is 9.97 Å². The Morgan fingerprint density at radius 3 is 2.86 bits per heavy atom. The van der Waals surface area contributed by atoms with Gasteiger partial charge in [0.15, 0.2) is 0 Å². The number of hydrogen-bond acceptors (Lipinski definition) is 3. The molecule has 0 atom stereocenters. The molecular formula is C18H15N3O. The van der Waals surface area contributed by atoms with E-state index < -0.39 is 0 Å². The maximum absolute atomic E-state index is 5.28. The average Bonchev–Trinajstić information content (AvgIpc) is 2.94. The lowest BCUT2D eigenvalue weighted by atomic mass is 10.1. The molecule has 0 bridgehead atoms. The Bertz CT molecular complexity index is 959. The Kier molecular flexibility index (Phi) is 2.93. The molecule has 2 aromatic carbocycles. The molecule has 108 valence electrons. The van der Waals surface area contributed by atoms with Crippen LogP contribution in [0.2, 0.25) is 0 Å². The van der Waals surface area contributed by atoms with E-state index in [-0.39, 0.29) is 0 Å². The lowest BCUT2D eigenvalue weighted by Gasteiger charge is -2.09. The molecule has 0 spiro atoms. The molecule has 0 aliphatic carbocycles. The molecule has 0 fully saturated rings. The van der Waals surface area contributed by atoms with Crippen molar-refractivity contribution in [3.05, 3.63) is 60.8 Å². The number of aromatic nitrogens is 2. The molecule has 0 aliphatic heterocycles. The minimum absolute atomic E-state index is 0.828. The second-order valence-electron chi connectivity index (χ2n) is 5.11. The van der Waals surface area contributed by atoms with Gasteiger partial charge in [-0.2, -0.15) is 0 Å². The van der Waals surface area contributed by atoms with Crippen LogP contribution in [0.5, 0.6) is 5.75 Å². The van der Waals surface area contributed by atoms with Gasteiger partial charge in [-0.25, -0.2) is 4.98 Å². The van der Waals surface area contributed by atoms with Crippen molar-refractivity contribution in [2.24, 2.45) is 0 Å². The number of aromatic amines is 1. The molecule has 4 aromatic rings. The fourth-order valence-electron chi connectivity index (χ4n) is 2.73. The highest BCUT2D eigenvalue weighted by atomic mass is 16.5. The first-order valence-corrected chi connectivity index (χ1v) is 7.11. The fraction of sp³-hybridized carbons (Fsp3) is 0.0556. The maximum atomic E-state index is 5.28. The minimum Gasteiger partial charge on any atom is -0.497 e. The second-order valence-corrected chi connectivity index (χ2v) is 5.11. The number of H-pyrrole nitrogens is 1. The standard InChI is InChI=1S/C18H15N3O/c1-22-13-6-4-5-12(11-13)20-16-9-10-19-18-17(16)14-7-2-3-8-15(14)21-18/h2-11H,1H3,(H2,19,20,21). The molecule has 0 saturated heterocycles. The Balaban J connectivity index is 1.87. The molecule has 2 heterocycles. The van der Waals surface area contributed by atoms with Gasteiger partial charge in [0, 0.05) is 28.9 Å². The van der Waals surface area contributed by atoms with Gasteiger partial charge in [0.25, 0.3) is 0 Å². The van der Waals surface area contributed by atoms with Crippen molar-refractivity contribution in [1.29, 1.82) is 0 Å². The SMILES string of the molecule is COc1cccc(Nc2ccnc3[nH]c4ccccc4c23)c1. The number of ether oxygens (including phenoxy) is 1. The Labute approximate surface area is 127 Å². The van der Waals surface area contributed by atoms with Crippen LogP contribution < -0.4 is 10.1 Å². The van der Waals surface area contributed by atoms with E-state index in [2.05, 4.69) is 27.4 Å². The van der Waals surface area contributed by atoms with E-state index in [1.165, 1.54) is 0 Å². The summed E-state index contributed by atoms with van der Waals surface area (Å²) in [5.74, 6) is 0.828. The molecular weight excluding hydrogens is 274 g/mol. The summed E-state index contributed by atoms with van der Waals surface area (Å²) < 4.78 is 5.28. The molecule has 0 radical (unpaired) electrons. The Hall–Kier alpha value is -3.01. The summed E-state index contributed by atoms with van der Waals surface area (Å²) in [6.45, 7) is 0. The van der Waals surface area contributed by atoms with E-state index in [1.807, 2.05) is 42.5 Å². The average molecular weight is 289 g/mol. The van der Waals surface area contributed by atoms with Gasteiger partial charge in [-0.05, 0) is 24.3 Å². The number of fused-ring (bicyclic) bond motifs is 3. The van der Waals surface area contributed by atoms with Crippen LogP contribution in [0.25, 0.3) is 21.9 Å². The number of benzene rings is 2. The number of nitrogens with one attached hydrogen (secondary N) is 2. The van der Waals surface area contributed by atoms with Crippen LogP contribution in [0, 0.1) is 0 Å². The van der Waals surface area contributed by atoms with Crippen LogP contribution >= 0.6 is 0 Å². The van der Waals surface area contributed by atoms with E-state index in [0.717, 1.165) is 39.1 Å². The molecule has 0 aliphatic rings. The van der Waals surface area contributed by atoms with Crippen molar-refractivity contribution in [3.8, 4) is 5.75 Å². The number of anilines is 2. The van der Waals surface area contributed by atoms with Crippen molar-refractivity contribution < 1.29 is 4.74 Å². The van der Waals surface area contributed by atoms with Crippen LogP contribution in [0.15, 0.2) is 60.8 Å². The zero-order valence-corrected chi connectivity index (χ0v) is 12.1. The fourth-order valence-corrected chi connectivity index (χ4v) is 2.73. The van der Waals surface area contributed by atoms with E-state index in [0.29, 0.717) is 0 Å². The number of rotatable bonds is 3. The monoisotopic (exact) mass is 289 g/mol. The molecule has 2 N–H and O–H groups in total. The van der Waals surface area contributed by atoms with Gasteiger partial charge in [0.2, 0.25) is 0 Å². The van der Waals surface area contributed by atoms with Gasteiger partial charge in [-0.1, -0.05) is 24.3 Å². The third-order valence-corrected chi connectivity index (χ3v) is 3.75. The van der Waals surface area contributed by atoms with Crippen molar-refractivity contribution in [2.75, 3.05) is 12.4 Å². The lowest BCUT2D eigenvalue weighted by Crippen LogP contribution is -1.92. The summed E-state index contributed by atoms with van der Waals surface area (Å²) in [6, 6.07) is 18.1. The third kappa shape index (κ3) is 2.05. The highest BCUT2D eigenvalue weighted by Gasteiger charge is 2.09. The summed E-state index contributed by atoms with van der Waals surface area (Å²) in [4.78, 5) is 7.79. The number of nitrogens with zero attached hydrogens (tertiary/aromatic N) is 1. The summed E-state index contributed by atoms with van der Waals surface area (Å²) in [5, 5.41) is 5.72. The van der Waals surface area contributed by atoms with E-state index in [1.54, 1.807) is 13.3 Å². The maximum Gasteiger partial charge on any atom is 0.140 e. The van der Waals surface area contributed by atoms with Gasteiger partial charge in [-0.15, -0.1) is 0 Å². The van der Waals surface area contributed by atoms with Gasteiger partial charge in [0.1, 0.15) is 11.4 Å². The zero-order valence-electron chi connectivity index (χ0n) is 12.1. The number of pyridine rings is 1. The second kappa shape index (κ2) is 5.07. The molecule has 22 heavy (non-hydrogen) atoms. The molecule has 4 nitrogen and oxygen atoms in total. The van der Waals surface area contributed by atoms with Crippen LogP contribution in [0.3, 0.4) is 0 Å². The van der Waals surface area contributed by atoms with Crippen molar-refractivity contribution >= 4 is 33.3 Å². The van der Waals surface area contributed by atoms with Crippen LogP contribution in [0.4, 0.5) is 11.4 Å². The van der Waals surface area contributed by atoms with Crippen LogP contribution in [-0.4, -0.2) is 17.1 Å². The Morgan fingerprint density at radius 1 is 1.05 bits per heavy atom. The van der Waals surface area contributed by atoms with Crippen molar-refractivity contribution in [3.63, 3.8) is 0 Å². The van der Waals surface area contributed by atoms with Crippen LogP contribution in [-0.2, 0) is 0 Å². The van der Waals surface area contributed by atoms with Crippen LogP contribution in [0.1, 0.15) is 0 Å². The smallest absolute Gasteiger partial charge is 0.140 e. The van der Waals surface area contributed by atoms with Crippen molar-refractivity contribution in [2.45, 2.75) is 0 Å². The molecule has 4 rings (SSSR count). The van der Waals surface area contributed by atoms with Gasteiger partial charge < -0.3 is 15.0 Å². The van der Waals surface area contributed by atoms with E-state index >= 15 is 0 Å². The van der Waals surface area contributed by atoms with Gasteiger partial charge >= 0.3 is 0 Å². The first-order valence-electron chi connectivity index (χ1n) is 7.11. The van der Waals surface area contributed by atoms with E-state index in [9.17, 15) is 0 Å². The van der Waals surface area contributed by atoms with Gasteiger partial charge in [-0.3, -0.25) is 0 Å². The number of para-hydroxylation sites is 1. The molecule has 2 aromatic heterocycles. The Morgan fingerprint density at radius 2 is 1.95 bits per heavy atom. The quantitative estimate of drug-likeness (QED) is 0.585. The minimum atomic E-state index is 0.828. The first-order chi connectivity index (χ1) is 10.8. The lowest BCUT2D eigenvalue weighted by molar-refractivity contribution is 0.415. The normalized spacial score (nSPS) is 11.0. The summed E-state index contributed by atoms with van der Waals surface area (Å²) >= 11 is 0. The van der Waals surface area contributed by atoms with Gasteiger partial charge in [0.05, 0.1) is 18.2 Å². The third-order valence-electron chi connectivity index (χ3n) is 3.75. The summed E-state index contributed by atoms with van der Waals surface area (Å²) in [7, 11) is 1.67. The summed E-state index contributed by atoms with van der Waals surface area (Å²) in [5.41, 5.74) is 3.98. The molecule has 0 saturated carbocycles. The highest BCUT2D eigenvalue weighted by molar-refractivity contribution is 6.12.